The fourth-order valence-corrected chi connectivity index (χ4v) is 11.7. The van der Waals surface area contributed by atoms with Crippen molar-refractivity contribution in [2.45, 2.75) is 91.6 Å². The van der Waals surface area contributed by atoms with Crippen molar-refractivity contribution >= 4 is 76.6 Å². The maximum absolute atomic E-state index is 13.6. The lowest BCUT2D eigenvalue weighted by Crippen LogP contribution is -2.34. The predicted octanol–water partition coefficient (Wildman–Crippen LogP) is 17.0. The molecular formula is C66H60O4. The van der Waals surface area contributed by atoms with E-state index >= 15 is 0 Å². The lowest BCUT2D eigenvalue weighted by atomic mass is 9.73. The summed E-state index contributed by atoms with van der Waals surface area (Å²) in [6, 6.07) is 50.4. The molecule has 10 aromatic rings. The highest BCUT2D eigenvalue weighted by Crippen LogP contribution is 2.55. The van der Waals surface area contributed by atoms with Crippen LogP contribution in [-0.4, -0.2) is 24.6 Å². The van der Waals surface area contributed by atoms with Crippen molar-refractivity contribution < 1.29 is 19.1 Å². The van der Waals surface area contributed by atoms with Crippen molar-refractivity contribution in [3.8, 4) is 33.4 Å². The standard InChI is InChI=1S/C66H60O4/c1-37(2)29-41-30-46-13-11-42-15-21-51(55-25-19-47(31-41)59(46)61(42)55)44-17-23-53-54-24-18-45(52-22-16-43-12-14-48-32-50(65(8,9)10)33-49-20-26-56(52)62(43)60(48)49)35-58(54)66(57(53)34-44,36-69-63(67)38(3)4)28-27-40(7)70-64(68)39(5)6/h11-26,30-35,37,40H,3,5,27-29,36H2,1-2,4,6-10H3. The zero-order chi connectivity index (χ0) is 49.0. The summed E-state index contributed by atoms with van der Waals surface area (Å²) in [5, 5.41) is 15.0. The van der Waals surface area contributed by atoms with Gasteiger partial charge in [0.05, 0.1) is 11.5 Å². The van der Waals surface area contributed by atoms with E-state index in [0.717, 1.165) is 50.9 Å². The molecule has 0 aliphatic heterocycles. The van der Waals surface area contributed by atoms with Gasteiger partial charge in [-0.1, -0.05) is 169 Å². The molecular weight excluding hydrogens is 857 g/mol. The van der Waals surface area contributed by atoms with Gasteiger partial charge in [0.15, 0.2) is 0 Å². The largest absolute Gasteiger partial charge is 0.461 e. The molecule has 4 nitrogen and oxygen atoms in total. The monoisotopic (exact) mass is 916 g/mol. The molecule has 0 fully saturated rings. The normalized spacial score (nSPS) is 15.2. The van der Waals surface area contributed by atoms with Crippen molar-refractivity contribution in [3.05, 3.63) is 180 Å². The van der Waals surface area contributed by atoms with E-state index in [-0.39, 0.29) is 12.0 Å². The number of benzene rings is 10. The summed E-state index contributed by atoms with van der Waals surface area (Å²) >= 11 is 0. The molecule has 0 amide bonds. The Hall–Kier alpha value is -7.30. The molecule has 2 unspecified atom stereocenters. The lowest BCUT2D eigenvalue weighted by molar-refractivity contribution is -0.143. The summed E-state index contributed by atoms with van der Waals surface area (Å²) in [6.45, 7) is 24.6. The van der Waals surface area contributed by atoms with Gasteiger partial charge in [0.25, 0.3) is 0 Å². The molecule has 1 aliphatic rings. The molecule has 1 aliphatic carbocycles. The minimum absolute atomic E-state index is 0.0210. The summed E-state index contributed by atoms with van der Waals surface area (Å²) in [5.74, 6) is -0.285. The number of carbonyl (C=O) groups excluding carboxylic acids is 2. The molecule has 0 bridgehead atoms. The zero-order valence-electron chi connectivity index (χ0n) is 41.7. The molecule has 0 radical (unpaired) electrons. The highest BCUT2D eigenvalue weighted by atomic mass is 16.5. The van der Waals surface area contributed by atoms with E-state index in [1.54, 1.807) is 13.8 Å². The molecule has 2 atom stereocenters. The highest BCUT2D eigenvalue weighted by molar-refractivity contribution is 6.27. The van der Waals surface area contributed by atoms with E-state index in [2.05, 4.69) is 181 Å². The maximum atomic E-state index is 13.6. The van der Waals surface area contributed by atoms with Gasteiger partial charge in [-0.15, -0.1) is 0 Å². The van der Waals surface area contributed by atoms with Gasteiger partial charge in [0, 0.05) is 11.1 Å². The molecule has 348 valence electrons. The minimum atomic E-state index is -0.810. The second-order valence-corrected chi connectivity index (χ2v) is 21.8. The molecule has 0 spiro atoms. The molecule has 0 saturated carbocycles. The van der Waals surface area contributed by atoms with Gasteiger partial charge in [-0.2, -0.15) is 0 Å². The third-order valence-corrected chi connectivity index (χ3v) is 15.2. The lowest BCUT2D eigenvalue weighted by Gasteiger charge is -2.33. The Kier molecular flexibility index (Phi) is 10.8. The fourth-order valence-electron chi connectivity index (χ4n) is 11.7. The van der Waals surface area contributed by atoms with Crippen LogP contribution < -0.4 is 0 Å². The predicted molar refractivity (Wildman–Crippen MR) is 294 cm³/mol. The molecule has 11 rings (SSSR count). The van der Waals surface area contributed by atoms with Gasteiger partial charge in [0.2, 0.25) is 0 Å². The van der Waals surface area contributed by atoms with Crippen LogP contribution in [0, 0.1) is 5.92 Å². The average molecular weight is 917 g/mol. The number of esters is 2. The Morgan fingerprint density at radius 3 is 1.46 bits per heavy atom. The Balaban J connectivity index is 1.10. The van der Waals surface area contributed by atoms with Crippen LogP contribution in [-0.2, 0) is 36.3 Å². The van der Waals surface area contributed by atoms with Gasteiger partial charge in [0.1, 0.15) is 6.61 Å². The molecule has 0 aromatic heterocycles. The second-order valence-electron chi connectivity index (χ2n) is 21.8. The van der Waals surface area contributed by atoms with Crippen molar-refractivity contribution in [1.82, 2.24) is 0 Å². The summed E-state index contributed by atoms with van der Waals surface area (Å²) < 4.78 is 12.3. The topological polar surface area (TPSA) is 52.6 Å². The number of hydrogen-bond donors (Lipinski definition) is 0. The van der Waals surface area contributed by atoms with Gasteiger partial charge < -0.3 is 9.47 Å². The van der Waals surface area contributed by atoms with Crippen LogP contribution in [0.5, 0.6) is 0 Å². The third kappa shape index (κ3) is 7.42. The number of rotatable bonds is 12. The van der Waals surface area contributed by atoms with Crippen LogP contribution in [0.1, 0.15) is 90.5 Å². The highest BCUT2D eigenvalue weighted by Gasteiger charge is 2.45. The molecule has 0 N–H and O–H groups in total. The summed E-state index contributed by atoms with van der Waals surface area (Å²) in [4.78, 5) is 26.5. The van der Waals surface area contributed by atoms with Crippen molar-refractivity contribution in [2.24, 2.45) is 5.92 Å². The van der Waals surface area contributed by atoms with Crippen LogP contribution >= 0.6 is 0 Å². The number of hydrogen-bond acceptors (Lipinski definition) is 4. The summed E-state index contributed by atoms with van der Waals surface area (Å²) in [5.41, 5.74) is 11.4. The molecule has 0 heterocycles. The van der Waals surface area contributed by atoms with E-state index in [9.17, 15) is 9.59 Å². The van der Waals surface area contributed by atoms with Gasteiger partial charge in [-0.3, -0.25) is 0 Å². The van der Waals surface area contributed by atoms with Crippen molar-refractivity contribution in [2.75, 3.05) is 6.61 Å². The van der Waals surface area contributed by atoms with Crippen LogP contribution in [0.2, 0.25) is 0 Å². The first-order valence-electron chi connectivity index (χ1n) is 24.9. The summed E-state index contributed by atoms with van der Waals surface area (Å²) in [6.07, 6.45) is 1.67. The van der Waals surface area contributed by atoms with Gasteiger partial charge in [-0.25, -0.2) is 9.59 Å². The smallest absolute Gasteiger partial charge is 0.333 e. The molecule has 10 aromatic carbocycles. The average Bonchev–Trinajstić information content (AvgIpc) is 3.60. The van der Waals surface area contributed by atoms with E-state index < -0.39 is 23.5 Å². The SMILES string of the molecule is C=C(C)C(=O)OCC1(CCC(C)OC(=O)C(=C)C)c2cc(-c3ccc4ccc5cc(CC(C)C)cc6ccc3c4c56)ccc2-c2ccc(-c3ccc4ccc5cc(C(C)(C)C)cc6ccc3c4c56)cc21. The first-order chi connectivity index (χ1) is 33.5. The van der Waals surface area contributed by atoms with Gasteiger partial charge >= 0.3 is 11.9 Å². The maximum Gasteiger partial charge on any atom is 0.333 e. The van der Waals surface area contributed by atoms with Crippen LogP contribution in [0.4, 0.5) is 0 Å². The van der Waals surface area contributed by atoms with Crippen molar-refractivity contribution in [1.29, 1.82) is 0 Å². The quantitative estimate of drug-likeness (QED) is 0.0696. The second kappa shape index (κ2) is 16.7. The summed E-state index contributed by atoms with van der Waals surface area (Å²) in [7, 11) is 0. The van der Waals surface area contributed by atoms with E-state index in [1.165, 1.54) is 75.8 Å². The molecule has 0 saturated heterocycles. The van der Waals surface area contributed by atoms with Crippen LogP contribution in [0.3, 0.4) is 0 Å². The number of fused-ring (bicyclic) bond motifs is 3. The Labute approximate surface area is 411 Å². The Morgan fingerprint density at radius 1 is 0.543 bits per heavy atom. The van der Waals surface area contributed by atoms with Crippen molar-refractivity contribution in [3.63, 3.8) is 0 Å². The van der Waals surface area contributed by atoms with E-state index in [0.29, 0.717) is 29.9 Å². The van der Waals surface area contributed by atoms with Crippen LogP contribution in [0.25, 0.3) is 98.0 Å². The molecule has 4 heteroatoms. The Bertz CT molecular complexity index is 3770. The minimum Gasteiger partial charge on any atom is -0.461 e. The van der Waals surface area contributed by atoms with Crippen LogP contribution in [0.15, 0.2) is 158 Å². The van der Waals surface area contributed by atoms with Gasteiger partial charge in [-0.05, 0) is 184 Å². The van der Waals surface area contributed by atoms with E-state index in [1.807, 2.05) is 6.92 Å². The fraction of sp³-hybridized carbons (Fsp3) is 0.242. The Morgan fingerprint density at radius 2 is 0.986 bits per heavy atom. The number of carbonyl (C=O) groups is 2. The molecule has 70 heavy (non-hydrogen) atoms. The van der Waals surface area contributed by atoms with E-state index in [4.69, 9.17) is 9.47 Å². The third-order valence-electron chi connectivity index (χ3n) is 15.2. The first-order valence-corrected chi connectivity index (χ1v) is 24.9. The first kappa shape index (κ1) is 45.2. The zero-order valence-corrected chi connectivity index (χ0v) is 41.7. The number of ether oxygens (including phenoxy) is 2.